The lowest BCUT2D eigenvalue weighted by molar-refractivity contribution is -0.464. The maximum atomic E-state index is 5.99. The van der Waals surface area contributed by atoms with Crippen LogP contribution in [0.1, 0.15) is 40.5 Å². The van der Waals surface area contributed by atoms with Gasteiger partial charge in [-0.25, -0.2) is 0 Å². The Bertz CT molecular complexity index is 208. The zero-order valence-electron chi connectivity index (χ0n) is 9.05. The van der Waals surface area contributed by atoms with Crippen LogP contribution in [0.15, 0.2) is 0 Å². The summed E-state index contributed by atoms with van der Waals surface area (Å²) in [6.45, 7) is 8.31. The van der Waals surface area contributed by atoms with E-state index in [2.05, 4.69) is 13.8 Å². The third-order valence-electron chi connectivity index (χ3n) is 3.01. The summed E-state index contributed by atoms with van der Waals surface area (Å²) in [6.07, 6.45) is 1.60. The Hall–Kier alpha value is 0.230. The van der Waals surface area contributed by atoms with Crippen LogP contribution in [0.4, 0.5) is 0 Å². The van der Waals surface area contributed by atoms with E-state index in [0.717, 1.165) is 12.8 Å². The van der Waals surface area contributed by atoms with Gasteiger partial charge in [0.1, 0.15) is 9.87 Å². The molecule has 0 aromatic carbocycles. The molecule has 4 aliphatic heterocycles. The molecule has 0 amide bonds. The van der Waals surface area contributed by atoms with Crippen LogP contribution in [0.2, 0.25) is 0 Å². The minimum Gasteiger partial charge on any atom is -0.333 e. The van der Waals surface area contributed by atoms with Crippen LogP contribution in [0.3, 0.4) is 0 Å². The lowest BCUT2D eigenvalue weighted by Gasteiger charge is -2.65. The molecular formula is C10H16O3S. The second-order valence-corrected chi connectivity index (χ2v) is 7.23. The predicted molar refractivity (Wildman–Crippen MR) is 53.7 cm³/mol. The first-order valence-electron chi connectivity index (χ1n) is 5.05. The lowest BCUT2D eigenvalue weighted by atomic mass is 9.98. The van der Waals surface area contributed by atoms with Crippen LogP contribution >= 0.6 is 11.8 Å². The minimum atomic E-state index is -0.458. The zero-order chi connectivity index (χ0) is 10.2. The molecule has 0 aliphatic carbocycles. The first kappa shape index (κ1) is 9.46. The molecule has 0 N–H and O–H groups in total. The molecule has 0 aromatic rings. The molecule has 80 valence electrons. The smallest absolute Gasteiger partial charge is 0.174 e. The highest BCUT2D eigenvalue weighted by molar-refractivity contribution is 8.01. The number of hydrogen-bond acceptors (Lipinski definition) is 4. The van der Waals surface area contributed by atoms with Gasteiger partial charge in [0.2, 0.25) is 0 Å². The molecule has 3 nitrogen and oxygen atoms in total. The van der Waals surface area contributed by atoms with Gasteiger partial charge in [0, 0.05) is 12.8 Å². The molecule has 4 bridgehead atoms. The van der Waals surface area contributed by atoms with E-state index in [-0.39, 0.29) is 9.87 Å². The summed E-state index contributed by atoms with van der Waals surface area (Å²) in [5.41, 5.74) is 0. The number of hydrogen-bond donors (Lipinski definition) is 0. The Morgan fingerprint density at radius 3 is 1.57 bits per heavy atom. The van der Waals surface area contributed by atoms with E-state index < -0.39 is 11.6 Å². The topological polar surface area (TPSA) is 27.7 Å². The molecule has 4 aliphatic rings. The van der Waals surface area contributed by atoms with Crippen molar-refractivity contribution in [3.63, 3.8) is 0 Å². The highest BCUT2D eigenvalue weighted by Gasteiger charge is 2.66. The highest BCUT2D eigenvalue weighted by Crippen LogP contribution is 2.64. The number of thioether (sulfide) groups is 1. The number of ether oxygens (including phenoxy) is 3. The second-order valence-electron chi connectivity index (χ2n) is 5.30. The molecule has 4 atom stereocenters. The summed E-state index contributed by atoms with van der Waals surface area (Å²) in [5, 5.41) is 0. The van der Waals surface area contributed by atoms with Gasteiger partial charge < -0.3 is 14.2 Å². The van der Waals surface area contributed by atoms with Crippen LogP contribution in [0.5, 0.6) is 0 Å². The van der Waals surface area contributed by atoms with Crippen LogP contribution in [0, 0.1) is 0 Å². The first-order chi connectivity index (χ1) is 6.24. The van der Waals surface area contributed by atoms with Gasteiger partial charge in [0.25, 0.3) is 0 Å². The molecule has 0 saturated carbocycles. The molecule has 4 heteroatoms. The van der Waals surface area contributed by atoms with Crippen molar-refractivity contribution < 1.29 is 14.2 Å². The van der Waals surface area contributed by atoms with E-state index in [1.165, 1.54) is 0 Å². The van der Waals surface area contributed by atoms with Crippen molar-refractivity contribution >= 4 is 11.8 Å². The molecule has 0 unspecified atom stereocenters. The van der Waals surface area contributed by atoms with Gasteiger partial charge in [-0.1, -0.05) is 11.8 Å². The zero-order valence-corrected chi connectivity index (χ0v) is 9.86. The molecule has 4 heterocycles. The standard InChI is InChI=1S/C10H16O3S/c1-7-5-9(3)13-8(2,11-7)6-10(4,12-7)14-9/h5-6H2,1-4H3/t7-,8-,9+,10+/m0/s1. The van der Waals surface area contributed by atoms with Crippen molar-refractivity contribution in [2.75, 3.05) is 0 Å². The molecule has 0 spiro atoms. The molecule has 4 saturated heterocycles. The summed E-state index contributed by atoms with van der Waals surface area (Å²) < 4.78 is 17.8. The van der Waals surface area contributed by atoms with Gasteiger partial charge in [0.15, 0.2) is 11.6 Å². The van der Waals surface area contributed by atoms with Gasteiger partial charge in [-0.2, -0.15) is 0 Å². The van der Waals surface area contributed by atoms with E-state index in [9.17, 15) is 0 Å². The third kappa shape index (κ3) is 1.18. The fourth-order valence-corrected chi connectivity index (χ4v) is 5.38. The Kier molecular flexibility index (Phi) is 1.46. The molecule has 0 radical (unpaired) electrons. The van der Waals surface area contributed by atoms with Gasteiger partial charge >= 0.3 is 0 Å². The minimum absolute atomic E-state index is 0.146. The fourth-order valence-electron chi connectivity index (χ4n) is 3.37. The van der Waals surface area contributed by atoms with Gasteiger partial charge in [-0.3, -0.25) is 0 Å². The van der Waals surface area contributed by atoms with Crippen LogP contribution < -0.4 is 0 Å². The van der Waals surface area contributed by atoms with Crippen molar-refractivity contribution in [3.05, 3.63) is 0 Å². The second kappa shape index (κ2) is 2.17. The molecule has 14 heavy (non-hydrogen) atoms. The summed E-state index contributed by atoms with van der Waals surface area (Å²) >= 11 is 1.78. The Morgan fingerprint density at radius 1 is 0.786 bits per heavy atom. The van der Waals surface area contributed by atoms with Gasteiger partial charge in [-0.05, 0) is 27.7 Å². The van der Waals surface area contributed by atoms with Crippen LogP contribution in [0.25, 0.3) is 0 Å². The monoisotopic (exact) mass is 216 g/mol. The SMILES string of the molecule is C[C@@]12C[C@]3(C)O[C@@](C)(C[C@](C)(O1)S3)O2. The highest BCUT2D eigenvalue weighted by atomic mass is 32.2. The summed E-state index contributed by atoms with van der Waals surface area (Å²) in [4.78, 5) is -0.292. The summed E-state index contributed by atoms with van der Waals surface area (Å²) in [7, 11) is 0. The van der Waals surface area contributed by atoms with Crippen molar-refractivity contribution in [1.29, 1.82) is 0 Å². The maximum Gasteiger partial charge on any atom is 0.174 e. The normalized spacial score (nSPS) is 66.0. The van der Waals surface area contributed by atoms with E-state index in [4.69, 9.17) is 14.2 Å². The third-order valence-corrected chi connectivity index (χ3v) is 4.33. The van der Waals surface area contributed by atoms with Crippen LogP contribution in [-0.2, 0) is 14.2 Å². The summed E-state index contributed by atoms with van der Waals surface area (Å²) in [5.74, 6) is -0.917. The maximum absolute atomic E-state index is 5.99. The van der Waals surface area contributed by atoms with Gasteiger partial charge in [-0.15, -0.1) is 0 Å². The average Bonchev–Trinajstić information content (AvgIpc) is 1.67. The van der Waals surface area contributed by atoms with E-state index in [0.29, 0.717) is 0 Å². The quantitative estimate of drug-likeness (QED) is 0.621. The first-order valence-corrected chi connectivity index (χ1v) is 5.86. The van der Waals surface area contributed by atoms with Crippen molar-refractivity contribution in [3.8, 4) is 0 Å². The Balaban J connectivity index is 2.08. The molecule has 4 rings (SSSR count). The summed E-state index contributed by atoms with van der Waals surface area (Å²) in [6, 6.07) is 0. The van der Waals surface area contributed by atoms with Gasteiger partial charge in [0.05, 0.1) is 0 Å². The lowest BCUT2D eigenvalue weighted by Crippen LogP contribution is -2.70. The predicted octanol–water partition coefficient (Wildman–Crippen LogP) is 2.46. The van der Waals surface area contributed by atoms with E-state index in [1.807, 2.05) is 13.8 Å². The van der Waals surface area contributed by atoms with E-state index >= 15 is 0 Å². The Labute approximate surface area is 88.5 Å². The fraction of sp³-hybridized carbons (Fsp3) is 1.00. The van der Waals surface area contributed by atoms with Crippen molar-refractivity contribution in [2.45, 2.75) is 62.0 Å². The van der Waals surface area contributed by atoms with Crippen LogP contribution in [-0.4, -0.2) is 21.4 Å². The number of rotatable bonds is 0. The molecule has 0 aromatic heterocycles. The average molecular weight is 216 g/mol. The Morgan fingerprint density at radius 2 is 1.21 bits per heavy atom. The van der Waals surface area contributed by atoms with E-state index in [1.54, 1.807) is 11.8 Å². The van der Waals surface area contributed by atoms with Crippen molar-refractivity contribution in [2.24, 2.45) is 0 Å². The van der Waals surface area contributed by atoms with Crippen molar-refractivity contribution in [1.82, 2.24) is 0 Å². The molecular weight excluding hydrogens is 200 g/mol. The molecule has 4 fully saturated rings. The largest absolute Gasteiger partial charge is 0.333 e.